The van der Waals surface area contributed by atoms with Gasteiger partial charge in [0, 0.05) is 32.9 Å². The highest BCUT2D eigenvalue weighted by Gasteiger charge is 2.09. The van der Waals surface area contributed by atoms with E-state index in [0.29, 0.717) is 6.54 Å². The van der Waals surface area contributed by atoms with Crippen LogP contribution < -0.4 is 5.73 Å². The summed E-state index contributed by atoms with van der Waals surface area (Å²) in [5.41, 5.74) is 8.17. The largest absolute Gasteiger partial charge is 0.342 e. The van der Waals surface area contributed by atoms with Gasteiger partial charge < -0.3 is 10.3 Å². The van der Waals surface area contributed by atoms with Crippen molar-refractivity contribution < 1.29 is 0 Å². The minimum Gasteiger partial charge on any atom is -0.342 e. The van der Waals surface area contributed by atoms with E-state index in [1.807, 2.05) is 23.5 Å². The first kappa shape index (κ1) is 13.7. The fourth-order valence-electron chi connectivity index (χ4n) is 2.50. The molecule has 2 heterocycles. The Balaban J connectivity index is 2.04. The van der Waals surface area contributed by atoms with Gasteiger partial charge in [0.1, 0.15) is 0 Å². The van der Waals surface area contributed by atoms with Gasteiger partial charge in [-0.1, -0.05) is 24.6 Å². The molecule has 0 saturated carbocycles. The third kappa shape index (κ3) is 2.49. The molecule has 0 aliphatic carbocycles. The first-order valence-corrected chi connectivity index (χ1v) is 7.95. The average Bonchev–Trinajstić information content (AvgIpc) is 3.04. The summed E-state index contributed by atoms with van der Waals surface area (Å²) in [6.45, 7) is 3.62. The van der Waals surface area contributed by atoms with Crippen molar-refractivity contribution in [2.24, 2.45) is 5.73 Å². The molecular weight excluding hydrogens is 288 g/mol. The second-order valence-electron chi connectivity index (χ2n) is 4.87. The topological polar surface area (TPSA) is 30.9 Å². The standard InChI is InChI=1S/C16H17ClN2S/c1-2-13-4-5-14(20-13)10-19-9-11(8-18)15-6-3-12(17)7-16(15)19/h3-7,9H,2,8,10,18H2,1H3. The fourth-order valence-corrected chi connectivity index (χ4v) is 3.62. The summed E-state index contributed by atoms with van der Waals surface area (Å²) in [4.78, 5) is 2.79. The zero-order chi connectivity index (χ0) is 14.1. The molecule has 3 rings (SSSR count). The van der Waals surface area contributed by atoms with Crippen LogP contribution in [-0.2, 0) is 19.5 Å². The van der Waals surface area contributed by atoms with Crippen molar-refractivity contribution in [3.05, 3.63) is 56.9 Å². The number of rotatable bonds is 4. The van der Waals surface area contributed by atoms with Crippen molar-refractivity contribution >= 4 is 33.8 Å². The zero-order valence-corrected chi connectivity index (χ0v) is 13.0. The van der Waals surface area contributed by atoms with Crippen LogP contribution in [0.25, 0.3) is 10.9 Å². The molecule has 0 radical (unpaired) electrons. The first-order chi connectivity index (χ1) is 9.71. The average molecular weight is 305 g/mol. The molecule has 104 valence electrons. The first-order valence-electron chi connectivity index (χ1n) is 6.76. The molecule has 0 spiro atoms. The number of thiophene rings is 1. The Labute approximate surface area is 127 Å². The van der Waals surface area contributed by atoms with Gasteiger partial charge in [0.25, 0.3) is 0 Å². The highest BCUT2D eigenvalue weighted by atomic mass is 35.5. The molecule has 0 amide bonds. The van der Waals surface area contributed by atoms with Gasteiger partial charge in [-0.3, -0.25) is 0 Å². The van der Waals surface area contributed by atoms with Crippen LogP contribution in [0.4, 0.5) is 0 Å². The summed E-state index contributed by atoms with van der Waals surface area (Å²) >= 11 is 8.00. The summed E-state index contributed by atoms with van der Waals surface area (Å²) < 4.78 is 2.24. The van der Waals surface area contributed by atoms with E-state index in [9.17, 15) is 0 Å². The number of nitrogens with zero attached hydrogens (tertiary/aromatic N) is 1. The number of aryl methyl sites for hydroxylation is 1. The van der Waals surface area contributed by atoms with E-state index in [2.05, 4.69) is 35.9 Å². The van der Waals surface area contributed by atoms with E-state index >= 15 is 0 Å². The quantitative estimate of drug-likeness (QED) is 0.759. The number of hydrogen-bond acceptors (Lipinski definition) is 2. The Kier molecular flexibility index (Phi) is 3.83. The van der Waals surface area contributed by atoms with Gasteiger partial charge in [-0.2, -0.15) is 0 Å². The maximum absolute atomic E-state index is 6.13. The number of fused-ring (bicyclic) bond motifs is 1. The SMILES string of the molecule is CCc1ccc(Cn2cc(CN)c3ccc(Cl)cc32)s1. The molecule has 2 nitrogen and oxygen atoms in total. The number of halogens is 1. The van der Waals surface area contributed by atoms with Crippen molar-refractivity contribution in [3.63, 3.8) is 0 Å². The van der Waals surface area contributed by atoms with Crippen molar-refractivity contribution in [1.29, 1.82) is 0 Å². The lowest BCUT2D eigenvalue weighted by Gasteiger charge is -2.03. The maximum atomic E-state index is 6.13. The van der Waals surface area contributed by atoms with Crippen LogP contribution in [0.5, 0.6) is 0 Å². The van der Waals surface area contributed by atoms with Crippen molar-refractivity contribution in [2.45, 2.75) is 26.4 Å². The van der Waals surface area contributed by atoms with Gasteiger partial charge in [0.15, 0.2) is 0 Å². The van der Waals surface area contributed by atoms with Crippen LogP contribution in [-0.4, -0.2) is 4.57 Å². The molecule has 4 heteroatoms. The van der Waals surface area contributed by atoms with Gasteiger partial charge in [0.05, 0.1) is 12.1 Å². The predicted octanol–water partition coefficient (Wildman–Crippen LogP) is 4.43. The highest BCUT2D eigenvalue weighted by molar-refractivity contribution is 7.11. The Morgan fingerprint density at radius 3 is 2.70 bits per heavy atom. The molecular formula is C16H17ClN2S. The van der Waals surface area contributed by atoms with E-state index in [-0.39, 0.29) is 0 Å². The molecule has 0 aliphatic heterocycles. The van der Waals surface area contributed by atoms with Gasteiger partial charge in [-0.05, 0) is 36.2 Å². The predicted molar refractivity (Wildman–Crippen MR) is 87.6 cm³/mol. The summed E-state index contributed by atoms with van der Waals surface area (Å²) in [6.07, 6.45) is 3.24. The molecule has 2 N–H and O–H groups in total. The summed E-state index contributed by atoms with van der Waals surface area (Å²) in [6, 6.07) is 10.4. The Morgan fingerprint density at radius 1 is 1.20 bits per heavy atom. The lowest BCUT2D eigenvalue weighted by atomic mass is 10.2. The summed E-state index contributed by atoms with van der Waals surface area (Å²) in [5, 5.41) is 1.96. The Bertz CT molecular complexity index is 742. The molecule has 0 unspecified atom stereocenters. The van der Waals surface area contributed by atoms with E-state index in [1.54, 1.807) is 0 Å². The molecule has 0 aliphatic rings. The number of nitrogens with two attached hydrogens (primary N) is 1. The van der Waals surface area contributed by atoms with E-state index < -0.39 is 0 Å². The number of hydrogen-bond donors (Lipinski definition) is 1. The van der Waals surface area contributed by atoms with Crippen LogP contribution in [0, 0.1) is 0 Å². The zero-order valence-electron chi connectivity index (χ0n) is 11.4. The van der Waals surface area contributed by atoms with Gasteiger partial charge >= 0.3 is 0 Å². The van der Waals surface area contributed by atoms with Crippen molar-refractivity contribution in [3.8, 4) is 0 Å². The molecule has 20 heavy (non-hydrogen) atoms. The minimum atomic E-state index is 0.551. The lowest BCUT2D eigenvalue weighted by Crippen LogP contribution is -1.97. The van der Waals surface area contributed by atoms with E-state index in [0.717, 1.165) is 23.5 Å². The second kappa shape index (κ2) is 5.60. The molecule has 0 saturated heterocycles. The Hall–Kier alpha value is -1.29. The molecule has 0 bridgehead atoms. The van der Waals surface area contributed by atoms with Crippen LogP contribution >= 0.6 is 22.9 Å². The fraction of sp³-hybridized carbons (Fsp3) is 0.250. The van der Waals surface area contributed by atoms with Gasteiger partial charge in [-0.15, -0.1) is 11.3 Å². The van der Waals surface area contributed by atoms with Crippen LogP contribution in [0.2, 0.25) is 5.02 Å². The monoisotopic (exact) mass is 304 g/mol. The molecule has 3 aromatic rings. The Morgan fingerprint density at radius 2 is 2.00 bits per heavy atom. The van der Waals surface area contributed by atoms with Crippen LogP contribution in [0.3, 0.4) is 0 Å². The summed E-state index contributed by atoms with van der Waals surface area (Å²) in [5.74, 6) is 0. The molecule has 0 atom stereocenters. The lowest BCUT2D eigenvalue weighted by molar-refractivity contribution is 0.843. The van der Waals surface area contributed by atoms with Crippen LogP contribution in [0.1, 0.15) is 22.2 Å². The second-order valence-corrected chi connectivity index (χ2v) is 6.56. The minimum absolute atomic E-state index is 0.551. The summed E-state index contributed by atoms with van der Waals surface area (Å²) in [7, 11) is 0. The normalized spacial score (nSPS) is 11.3. The van der Waals surface area contributed by atoms with Crippen LogP contribution in [0.15, 0.2) is 36.5 Å². The molecule has 0 fully saturated rings. The molecule has 1 aromatic carbocycles. The number of aromatic nitrogens is 1. The number of benzene rings is 1. The molecule has 2 aromatic heterocycles. The maximum Gasteiger partial charge on any atom is 0.0569 e. The van der Waals surface area contributed by atoms with Gasteiger partial charge in [-0.25, -0.2) is 0 Å². The van der Waals surface area contributed by atoms with E-state index in [1.165, 1.54) is 20.7 Å². The highest BCUT2D eigenvalue weighted by Crippen LogP contribution is 2.27. The van der Waals surface area contributed by atoms with Gasteiger partial charge in [0.2, 0.25) is 0 Å². The van der Waals surface area contributed by atoms with Crippen molar-refractivity contribution in [1.82, 2.24) is 4.57 Å². The van der Waals surface area contributed by atoms with Crippen molar-refractivity contribution in [2.75, 3.05) is 0 Å². The third-order valence-corrected chi connectivity index (χ3v) is 4.99. The smallest absolute Gasteiger partial charge is 0.0569 e. The van der Waals surface area contributed by atoms with E-state index in [4.69, 9.17) is 17.3 Å². The third-order valence-electron chi connectivity index (χ3n) is 3.54.